The lowest BCUT2D eigenvalue weighted by atomic mass is 9.85. The minimum atomic E-state index is 0.0383. The molecule has 0 radical (unpaired) electrons. The van der Waals surface area contributed by atoms with E-state index in [-0.39, 0.29) is 11.7 Å². The van der Waals surface area contributed by atoms with Gasteiger partial charge in [0.2, 0.25) is 0 Å². The quantitative estimate of drug-likeness (QED) is 0.660. The van der Waals surface area contributed by atoms with Gasteiger partial charge in [-0.2, -0.15) is 0 Å². The number of rotatable bonds is 6. The number of aliphatic imine (C=N–C) groups is 1. The van der Waals surface area contributed by atoms with Crippen LogP contribution in [0, 0.1) is 17.3 Å². The Hall–Kier alpha value is -1.18. The van der Waals surface area contributed by atoms with Crippen LogP contribution in [0.15, 0.2) is 28.8 Å². The lowest BCUT2D eigenvalue weighted by Gasteiger charge is -2.21. The number of nitrogens with zero attached hydrogens (tertiary/aromatic N) is 1. The van der Waals surface area contributed by atoms with Gasteiger partial charge in [-0.25, -0.2) is 0 Å². The van der Waals surface area contributed by atoms with Gasteiger partial charge < -0.3 is 0 Å². The summed E-state index contributed by atoms with van der Waals surface area (Å²) in [7, 11) is 0. The second-order valence-electron chi connectivity index (χ2n) is 7.39. The van der Waals surface area contributed by atoms with E-state index in [2.05, 4.69) is 30.1 Å². The summed E-state index contributed by atoms with van der Waals surface area (Å²) in [6.07, 6.45) is 18.1. The lowest BCUT2D eigenvalue weighted by molar-refractivity contribution is -0.114. The molecule has 0 amide bonds. The van der Waals surface area contributed by atoms with Crippen LogP contribution in [0.4, 0.5) is 0 Å². The fourth-order valence-electron chi connectivity index (χ4n) is 3.66. The molecule has 0 aromatic rings. The monoisotopic (exact) mass is 285 g/mol. The molecule has 21 heavy (non-hydrogen) atoms. The van der Waals surface area contributed by atoms with Crippen molar-refractivity contribution in [3.63, 3.8) is 0 Å². The second-order valence-corrected chi connectivity index (χ2v) is 7.39. The molecule has 0 bridgehead atoms. The maximum absolute atomic E-state index is 12.2. The molecule has 1 unspecified atom stereocenters. The predicted octanol–water partition coefficient (Wildman–Crippen LogP) is 4.51. The first-order valence-corrected chi connectivity index (χ1v) is 8.58. The highest BCUT2D eigenvalue weighted by atomic mass is 16.1. The number of hydrogen-bond acceptors (Lipinski definition) is 2. The Balaban J connectivity index is 1.47. The van der Waals surface area contributed by atoms with Gasteiger partial charge in [-0.05, 0) is 55.4 Å². The van der Waals surface area contributed by atoms with Crippen molar-refractivity contribution in [2.75, 3.05) is 6.54 Å². The van der Waals surface area contributed by atoms with Crippen LogP contribution in [0.1, 0.15) is 58.3 Å². The van der Waals surface area contributed by atoms with Gasteiger partial charge in [0.1, 0.15) is 0 Å². The molecule has 2 saturated carbocycles. The summed E-state index contributed by atoms with van der Waals surface area (Å²) in [5.41, 5.74) is 1.86. The van der Waals surface area contributed by atoms with Crippen LogP contribution in [0.25, 0.3) is 0 Å². The van der Waals surface area contributed by atoms with Crippen molar-refractivity contribution in [1.29, 1.82) is 0 Å². The molecule has 0 aromatic heterocycles. The molecule has 0 saturated heterocycles. The first-order chi connectivity index (χ1) is 10.2. The fraction of sp³-hybridized carbons (Fsp3) is 0.684. The van der Waals surface area contributed by atoms with Crippen molar-refractivity contribution >= 4 is 12.0 Å². The van der Waals surface area contributed by atoms with Gasteiger partial charge >= 0.3 is 0 Å². The van der Waals surface area contributed by atoms with Gasteiger partial charge in [-0.1, -0.05) is 38.0 Å². The highest BCUT2D eigenvalue weighted by molar-refractivity contribution is 6.29. The van der Waals surface area contributed by atoms with Crippen LogP contribution in [-0.4, -0.2) is 18.5 Å². The SMILES string of the molecule is CC1(CCN=CC(=O)C2C=C(C3CC3)C=CC2)CCCC1. The van der Waals surface area contributed by atoms with Crippen molar-refractivity contribution < 1.29 is 4.79 Å². The normalized spacial score (nSPS) is 28.0. The van der Waals surface area contributed by atoms with Crippen LogP contribution in [0.2, 0.25) is 0 Å². The van der Waals surface area contributed by atoms with Crippen molar-refractivity contribution in [3.05, 3.63) is 23.8 Å². The molecule has 2 nitrogen and oxygen atoms in total. The van der Waals surface area contributed by atoms with Gasteiger partial charge in [0.25, 0.3) is 0 Å². The third kappa shape index (κ3) is 3.93. The predicted molar refractivity (Wildman–Crippen MR) is 87.6 cm³/mol. The van der Waals surface area contributed by atoms with E-state index in [4.69, 9.17) is 0 Å². The smallest absolute Gasteiger partial charge is 0.180 e. The summed E-state index contributed by atoms with van der Waals surface area (Å²) < 4.78 is 0. The maximum Gasteiger partial charge on any atom is 0.180 e. The zero-order valence-corrected chi connectivity index (χ0v) is 13.2. The molecular formula is C19H27NO. The molecule has 3 rings (SSSR count). The minimum absolute atomic E-state index is 0.0383. The van der Waals surface area contributed by atoms with Gasteiger partial charge in [0.15, 0.2) is 5.78 Å². The zero-order chi connectivity index (χ0) is 14.7. The molecule has 0 spiro atoms. The van der Waals surface area contributed by atoms with Gasteiger partial charge in [0, 0.05) is 12.5 Å². The lowest BCUT2D eigenvalue weighted by Crippen LogP contribution is -2.16. The topological polar surface area (TPSA) is 29.4 Å². The third-order valence-corrected chi connectivity index (χ3v) is 5.38. The van der Waals surface area contributed by atoms with E-state index in [0.29, 0.717) is 5.41 Å². The van der Waals surface area contributed by atoms with Crippen molar-refractivity contribution in [2.24, 2.45) is 22.2 Å². The summed E-state index contributed by atoms with van der Waals surface area (Å²) >= 11 is 0. The Bertz CT molecular complexity index is 476. The Labute approximate surface area is 128 Å². The summed E-state index contributed by atoms with van der Waals surface area (Å²) in [6, 6.07) is 0. The van der Waals surface area contributed by atoms with E-state index in [9.17, 15) is 4.79 Å². The number of hydrogen-bond donors (Lipinski definition) is 0. The van der Waals surface area contributed by atoms with E-state index >= 15 is 0 Å². The van der Waals surface area contributed by atoms with E-state index in [1.807, 2.05) is 0 Å². The molecule has 3 aliphatic carbocycles. The maximum atomic E-state index is 12.2. The largest absolute Gasteiger partial charge is 0.292 e. The molecule has 3 aliphatic rings. The average molecular weight is 285 g/mol. The number of allylic oxidation sites excluding steroid dienone is 4. The Morgan fingerprint density at radius 1 is 1.38 bits per heavy atom. The molecular weight excluding hydrogens is 258 g/mol. The van der Waals surface area contributed by atoms with Gasteiger partial charge in [-0.15, -0.1) is 0 Å². The summed E-state index contributed by atoms with van der Waals surface area (Å²) in [4.78, 5) is 16.6. The second kappa shape index (κ2) is 6.29. The van der Waals surface area contributed by atoms with Crippen LogP contribution in [0.5, 0.6) is 0 Å². The highest BCUT2D eigenvalue weighted by Gasteiger charge is 2.28. The minimum Gasteiger partial charge on any atom is -0.292 e. The number of carbonyl (C=O) groups is 1. The van der Waals surface area contributed by atoms with Crippen LogP contribution >= 0.6 is 0 Å². The Morgan fingerprint density at radius 3 is 2.86 bits per heavy atom. The molecule has 1 atom stereocenters. The molecule has 2 heteroatoms. The average Bonchev–Trinajstić information content (AvgIpc) is 3.26. The van der Waals surface area contributed by atoms with Crippen LogP contribution in [-0.2, 0) is 4.79 Å². The summed E-state index contributed by atoms with van der Waals surface area (Å²) in [6.45, 7) is 3.18. The number of ketones is 1. The molecule has 2 fully saturated rings. The molecule has 0 heterocycles. The van der Waals surface area contributed by atoms with E-state index in [0.717, 1.165) is 25.3 Å². The first-order valence-electron chi connectivity index (χ1n) is 8.58. The van der Waals surface area contributed by atoms with Crippen molar-refractivity contribution in [3.8, 4) is 0 Å². The first kappa shape index (κ1) is 14.7. The van der Waals surface area contributed by atoms with Crippen LogP contribution < -0.4 is 0 Å². The number of carbonyl (C=O) groups excluding carboxylic acids is 1. The van der Waals surface area contributed by atoms with Gasteiger partial charge in [0.05, 0.1) is 6.21 Å². The van der Waals surface area contributed by atoms with Crippen molar-refractivity contribution in [2.45, 2.75) is 58.3 Å². The molecule has 0 aromatic carbocycles. The Morgan fingerprint density at radius 2 is 2.14 bits per heavy atom. The standard InChI is InChI=1S/C19H27NO/c1-19(9-2-3-10-19)11-12-20-14-18(21)17-6-4-5-16(13-17)15-7-8-15/h4-5,13-15,17H,2-3,6-12H2,1H3. The number of Topliss-reactive ketones (excluding diaryl/α,β-unsaturated/α-hetero) is 1. The molecule has 0 N–H and O–H groups in total. The van der Waals surface area contributed by atoms with Gasteiger partial charge in [-0.3, -0.25) is 9.79 Å². The highest BCUT2D eigenvalue weighted by Crippen LogP contribution is 2.40. The fourth-order valence-corrected chi connectivity index (χ4v) is 3.66. The third-order valence-electron chi connectivity index (χ3n) is 5.38. The Kier molecular flexibility index (Phi) is 4.42. The van der Waals surface area contributed by atoms with Crippen molar-refractivity contribution in [1.82, 2.24) is 0 Å². The van der Waals surface area contributed by atoms with E-state index < -0.39 is 0 Å². The van der Waals surface area contributed by atoms with Crippen LogP contribution in [0.3, 0.4) is 0 Å². The summed E-state index contributed by atoms with van der Waals surface area (Å²) in [5, 5.41) is 0. The summed E-state index contributed by atoms with van der Waals surface area (Å²) in [5.74, 6) is 0.960. The van der Waals surface area contributed by atoms with E-state index in [1.165, 1.54) is 44.1 Å². The molecule has 114 valence electrons. The zero-order valence-electron chi connectivity index (χ0n) is 13.2. The molecule has 0 aliphatic heterocycles. The van der Waals surface area contributed by atoms with E-state index in [1.54, 1.807) is 6.21 Å².